The summed E-state index contributed by atoms with van der Waals surface area (Å²) in [5.41, 5.74) is 6.32. The van der Waals surface area contributed by atoms with Gasteiger partial charge in [0.2, 0.25) is 0 Å². The molecule has 0 radical (unpaired) electrons. The molecule has 0 saturated carbocycles. The fourth-order valence-electron chi connectivity index (χ4n) is 1.28. The summed E-state index contributed by atoms with van der Waals surface area (Å²) in [5, 5.41) is 9.10. The highest BCUT2D eigenvalue weighted by Crippen LogP contribution is 2.22. The lowest BCUT2D eigenvalue weighted by molar-refractivity contribution is 0.711. The Labute approximate surface area is 94.3 Å². The van der Waals surface area contributed by atoms with E-state index in [9.17, 15) is 0 Å². The third-order valence-corrected chi connectivity index (χ3v) is 2.21. The summed E-state index contributed by atoms with van der Waals surface area (Å²) < 4.78 is 0. The second-order valence-corrected chi connectivity index (χ2v) is 3.84. The van der Waals surface area contributed by atoms with Crippen LogP contribution in [-0.2, 0) is 0 Å². The van der Waals surface area contributed by atoms with Crippen LogP contribution in [0.15, 0.2) is 12.1 Å². The number of halogens is 1. The maximum absolute atomic E-state index is 8.70. The van der Waals surface area contributed by atoms with Crippen molar-refractivity contribution in [3.05, 3.63) is 17.3 Å². The van der Waals surface area contributed by atoms with Gasteiger partial charge in [0.15, 0.2) is 5.82 Å². The van der Waals surface area contributed by atoms with Crippen LogP contribution in [-0.4, -0.2) is 18.6 Å². The molecule has 1 rings (SSSR count). The highest BCUT2D eigenvalue weighted by atomic mass is 35.5. The first-order valence-corrected chi connectivity index (χ1v) is 4.95. The lowest BCUT2D eigenvalue weighted by atomic mass is 10.2. The van der Waals surface area contributed by atoms with Gasteiger partial charge in [-0.05, 0) is 19.1 Å². The summed E-state index contributed by atoms with van der Waals surface area (Å²) in [5.74, 6) is 0.541. The number of hydrogen-bond acceptors (Lipinski definition) is 4. The topological polar surface area (TPSA) is 65.9 Å². The summed E-state index contributed by atoms with van der Waals surface area (Å²) >= 11 is 5.77. The van der Waals surface area contributed by atoms with Gasteiger partial charge in [-0.25, -0.2) is 4.98 Å². The van der Waals surface area contributed by atoms with E-state index >= 15 is 0 Å². The molecule has 1 heterocycles. The number of anilines is 2. The zero-order valence-electron chi connectivity index (χ0n) is 8.74. The zero-order chi connectivity index (χ0) is 11.4. The number of pyridine rings is 1. The summed E-state index contributed by atoms with van der Waals surface area (Å²) in [6.07, 6.45) is 0. The molecule has 0 bridgehead atoms. The molecule has 15 heavy (non-hydrogen) atoms. The van der Waals surface area contributed by atoms with E-state index in [1.807, 2.05) is 18.9 Å². The van der Waals surface area contributed by atoms with Crippen LogP contribution in [0.5, 0.6) is 0 Å². The predicted molar refractivity (Wildman–Crippen MR) is 61.7 cm³/mol. The first kappa shape index (κ1) is 11.6. The summed E-state index contributed by atoms with van der Waals surface area (Å²) in [7, 11) is 1.84. The van der Waals surface area contributed by atoms with E-state index in [1.54, 1.807) is 12.1 Å². The molecule has 0 spiro atoms. The van der Waals surface area contributed by atoms with E-state index in [0.717, 1.165) is 0 Å². The number of rotatable bonds is 3. The molecule has 0 aliphatic carbocycles. The smallest absolute Gasteiger partial charge is 0.153 e. The van der Waals surface area contributed by atoms with Gasteiger partial charge in [0.25, 0.3) is 0 Å². The molecule has 1 aromatic heterocycles. The highest BCUT2D eigenvalue weighted by Gasteiger charge is 2.10. The fraction of sp³-hybridized carbons (Fsp3) is 0.400. The molecule has 0 amide bonds. The van der Waals surface area contributed by atoms with Gasteiger partial charge in [0, 0.05) is 13.6 Å². The van der Waals surface area contributed by atoms with Crippen molar-refractivity contribution in [2.75, 3.05) is 24.2 Å². The van der Waals surface area contributed by atoms with Crippen LogP contribution in [0, 0.1) is 17.2 Å². The van der Waals surface area contributed by atoms with Crippen LogP contribution < -0.4 is 10.6 Å². The van der Waals surface area contributed by atoms with Gasteiger partial charge < -0.3 is 10.6 Å². The Morgan fingerprint density at radius 1 is 1.67 bits per heavy atom. The van der Waals surface area contributed by atoms with Crippen LogP contribution in [0.4, 0.5) is 11.5 Å². The van der Waals surface area contributed by atoms with Crippen molar-refractivity contribution >= 4 is 23.1 Å². The van der Waals surface area contributed by atoms with Crippen molar-refractivity contribution in [3.8, 4) is 6.07 Å². The minimum Gasteiger partial charge on any atom is -0.396 e. The van der Waals surface area contributed by atoms with Crippen molar-refractivity contribution in [1.29, 1.82) is 5.26 Å². The average molecular weight is 225 g/mol. The average Bonchev–Trinajstić information content (AvgIpc) is 2.21. The monoisotopic (exact) mass is 224 g/mol. The highest BCUT2D eigenvalue weighted by molar-refractivity contribution is 6.29. The second-order valence-electron chi connectivity index (χ2n) is 3.46. The van der Waals surface area contributed by atoms with Gasteiger partial charge >= 0.3 is 0 Å². The standard InChI is InChI=1S/C10H13ClN4/c1-7(5-12)6-15(2)10-8(13)3-4-9(11)14-10/h3-4,7H,6,13H2,1-2H3. The molecule has 0 fully saturated rings. The van der Waals surface area contributed by atoms with E-state index in [-0.39, 0.29) is 5.92 Å². The summed E-state index contributed by atoms with van der Waals surface area (Å²) in [6, 6.07) is 5.50. The molecule has 1 unspecified atom stereocenters. The Morgan fingerprint density at radius 3 is 2.93 bits per heavy atom. The Kier molecular flexibility index (Phi) is 3.75. The van der Waals surface area contributed by atoms with Crippen LogP contribution in [0.25, 0.3) is 0 Å². The Balaban J connectivity index is 2.86. The number of nitrogen functional groups attached to an aromatic ring is 1. The van der Waals surface area contributed by atoms with E-state index < -0.39 is 0 Å². The second kappa shape index (κ2) is 4.85. The molecule has 0 aliphatic heterocycles. The number of nitrogens with two attached hydrogens (primary N) is 1. The molecule has 1 aromatic rings. The van der Waals surface area contributed by atoms with Crippen molar-refractivity contribution < 1.29 is 0 Å². The van der Waals surface area contributed by atoms with Gasteiger partial charge in [0.05, 0.1) is 17.7 Å². The molecular formula is C10H13ClN4. The Bertz CT molecular complexity index is 385. The minimum atomic E-state index is -0.0739. The number of aromatic nitrogens is 1. The first-order chi connectivity index (χ1) is 7.04. The molecule has 80 valence electrons. The van der Waals surface area contributed by atoms with Crippen LogP contribution in [0.3, 0.4) is 0 Å². The molecule has 1 atom stereocenters. The molecule has 4 nitrogen and oxygen atoms in total. The van der Waals surface area contributed by atoms with Crippen molar-refractivity contribution in [2.24, 2.45) is 5.92 Å². The zero-order valence-corrected chi connectivity index (χ0v) is 9.49. The summed E-state index contributed by atoms with van der Waals surface area (Å²) in [6.45, 7) is 2.42. The lowest BCUT2D eigenvalue weighted by Crippen LogP contribution is -2.25. The third kappa shape index (κ3) is 3.00. The number of hydrogen-bond donors (Lipinski definition) is 1. The van der Waals surface area contributed by atoms with Gasteiger partial charge in [-0.1, -0.05) is 11.6 Å². The molecule has 0 saturated heterocycles. The minimum absolute atomic E-state index is 0.0739. The van der Waals surface area contributed by atoms with E-state index in [4.69, 9.17) is 22.6 Å². The largest absolute Gasteiger partial charge is 0.396 e. The SMILES string of the molecule is CC(C#N)CN(C)c1nc(Cl)ccc1N. The maximum Gasteiger partial charge on any atom is 0.153 e. The van der Waals surface area contributed by atoms with Gasteiger partial charge in [-0.2, -0.15) is 5.26 Å². The fourth-order valence-corrected chi connectivity index (χ4v) is 1.42. The summed E-state index contributed by atoms with van der Waals surface area (Å²) in [4.78, 5) is 5.95. The van der Waals surface area contributed by atoms with E-state index in [2.05, 4.69) is 11.1 Å². The van der Waals surface area contributed by atoms with Crippen LogP contribution in [0.1, 0.15) is 6.92 Å². The van der Waals surface area contributed by atoms with Crippen molar-refractivity contribution in [2.45, 2.75) is 6.92 Å². The van der Waals surface area contributed by atoms with Crippen LogP contribution in [0.2, 0.25) is 5.15 Å². The Morgan fingerprint density at radius 2 is 2.33 bits per heavy atom. The van der Waals surface area contributed by atoms with Crippen molar-refractivity contribution in [1.82, 2.24) is 4.98 Å². The van der Waals surface area contributed by atoms with Crippen LogP contribution >= 0.6 is 11.6 Å². The Hall–Kier alpha value is -1.47. The molecular weight excluding hydrogens is 212 g/mol. The lowest BCUT2D eigenvalue weighted by Gasteiger charge is -2.20. The maximum atomic E-state index is 8.70. The van der Waals surface area contributed by atoms with Gasteiger partial charge in [-0.3, -0.25) is 0 Å². The van der Waals surface area contributed by atoms with E-state index in [0.29, 0.717) is 23.2 Å². The quantitative estimate of drug-likeness (QED) is 0.797. The first-order valence-electron chi connectivity index (χ1n) is 4.57. The molecule has 0 aliphatic rings. The predicted octanol–water partition coefficient (Wildman–Crippen LogP) is 1.91. The van der Waals surface area contributed by atoms with E-state index in [1.165, 1.54) is 0 Å². The number of nitrogens with zero attached hydrogens (tertiary/aromatic N) is 3. The molecule has 5 heteroatoms. The molecule has 0 aromatic carbocycles. The van der Waals surface area contributed by atoms with Gasteiger partial charge in [0.1, 0.15) is 5.15 Å². The van der Waals surface area contributed by atoms with Gasteiger partial charge in [-0.15, -0.1) is 0 Å². The normalized spacial score (nSPS) is 11.9. The van der Waals surface area contributed by atoms with Crippen molar-refractivity contribution in [3.63, 3.8) is 0 Å². The molecule has 2 N–H and O–H groups in total. The third-order valence-electron chi connectivity index (χ3n) is 2.00. The number of nitriles is 1.